The van der Waals surface area contributed by atoms with E-state index in [2.05, 4.69) is 5.32 Å². The van der Waals surface area contributed by atoms with Gasteiger partial charge in [0, 0.05) is 5.69 Å². The summed E-state index contributed by atoms with van der Waals surface area (Å²) in [6.45, 7) is 8.61. The molecule has 0 aliphatic heterocycles. The summed E-state index contributed by atoms with van der Waals surface area (Å²) in [5.41, 5.74) is 4.69. The molecule has 0 unspecified atom stereocenters. The molecule has 2 aromatic rings. The number of rotatable bonds is 6. The van der Waals surface area contributed by atoms with Crippen LogP contribution in [0.1, 0.15) is 35.6 Å². The molecule has 0 saturated carbocycles. The van der Waals surface area contributed by atoms with Crippen LogP contribution in [0.4, 0.5) is 5.69 Å². The Balaban J connectivity index is 2.18. The lowest BCUT2D eigenvalue weighted by Crippen LogP contribution is -2.15. The summed E-state index contributed by atoms with van der Waals surface area (Å²) < 4.78 is 5.54. The molecule has 4 heteroatoms. The van der Waals surface area contributed by atoms with Gasteiger partial charge in [0.25, 0.3) is 5.91 Å². The van der Waals surface area contributed by atoms with Crippen molar-refractivity contribution in [1.82, 2.24) is 0 Å². The molecule has 0 bridgehead atoms. The number of hydrogen-bond donors (Lipinski definition) is 1. The number of ether oxygens (including phenoxy) is 1. The van der Waals surface area contributed by atoms with E-state index < -0.39 is 5.91 Å². The number of amides is 1. The first-order valence-corrected chi connectivity index (χ1v) is 8.68. The summed E-state index contributed by atoms with van der Waals surface area (Å²) in [5.74, 6) is 0.367. The van der Waals surface area contributed by atoms with Crippen molar-refractivity contribution < 1.29 is 9.53 Å². The summed E-state index contributed by atoms with van der Waals surface area (Å²) in [5, 5.41) is 12.2. The van der Waals surface area contributed by atoms with E-state index in [0.29, 0.717) is 6.61 Å². The SMILES string of the molecule is CCCOc1ccc(/C=C(/C#N)C(=O)Nc2c(C)cc(C)cc2C)cc1. The molecule has 1 N–H and O–H groups in total. The van der Waals surface area contributed by atoms with Crippen LogP contribution in [-0.2, 0) is 4.79 Å². The maximum Gasteiger partial charge on any atom is 0.266 e. The highest BCUT2D eigenvalue weighted by atomic mass is 16.5. The number of nitrogens with zero attached hydrogens (tertiary/aromatic N) is 1. The summed E-state index contributed by atoms with van der Waals surface area (Å²) in [6.07, 6.45) is 2.52. The maximum absolute atomic E-state index is 12.5. The van der Waals surface area contributed by atoms with Gasteiger partial charge in [0.2, 0.25) is 0 Å². The predicted octanol–water partition coefficient (Wildman–Crippen LogP) is 4.95. The standard InChI is InChI=1S/C22H24N2O2/c1-5-10-26-20-8-6-18(7-9-20)13-19(14-23)22(25)24-21-16(3)11-15(2)12-17(21)4/h6-9,11-13H,5,10H2,1-4H3,(H,24,25)/b19-13-. The average molecular weight is 348 g/mol. The first-order chi connectivity index (χ1) is 12.4. The third-order valence-electron chi connectivity index (χ3n) is 3.94. The zero-order valence-corrected chi connectivity index (χ0v) is 15.7. The van der Waals surface area contributed by atoms with Gasteiger partial charge in [-0.3, -0.25) is 4.79 Å². The third kappa shape index (κ3) is 4.97. The number of carbonyl (C=O) groups excluding carboxylic acids is 1. The highest BCUT2D eigenvalue weighted by Gasteiger charge is 2.13. The van der Waals surface area contributed by atoms with Crippen LogP contribution >= 0.6 is 0 Å². The predicted molar refractivity (Wildman–Crippen MR) is 105 cm³/mol. The minimum absolute atomic E-state index is 0.0617. The van der Waals surface area contributed by atoms with Crippen molar-refractivity contribution in [1.29, 1.82) is 5.26 Å². The van der Waals surface area contributed by atoms with E-state index in [9.17, 15) is 10.1 Å². The van der Waals surface area contributed by atoms with Gasteiger partial charge in [-0.1, -0.05) is 36.8 Å². The Morgan fingerprint density at radius 2 is 1.77 bits per heavy atom. The van der Waals surface area contributed by atoms with Crippen molar-refractivity contribution in [3.63, 3.8) is 0 Å². The van der Waals surface area contributed by atoms with Crippen LogP contribution in [0.15, 0.2) is 42.0 Å². The lowest BCUT2D eigenvalue weighted by atomic mass is 10.0. The Morgan fingerprint density at radius 1 is 1.15 bits per heavy atom. The molecule has 0 fully saturated rings. The van der Waals surface area contributed by atoms with Gasteiger partial charge in [-0.25, -0.2) is 0 Å². The smallest absolute Gasteiger partial charge is 0.266 e. The molecule has 26 heavy (non-hydrogen) atoms. The largest absolute Gasteiger partial charge is 0.494 e. The Kier molecular flexibility index (Phi) is 6.57. The molecule has 0 aliphatic carbocycles. The van der Waals surface area contributed by atoms with Crippen LogP contribution in [0.25, 0.3) is 6.08 Å². The van der Waals surface area contributed by atoms with Crippen LogP contribution in [0.5, 0.6) is 5.75 Å². The van der Waals surface area contributed by atoms with E-state index >= 15 is 0 Å². The topological polar surface area (TPSA) is 62.1 Å². The molecule has 0 aromatic heterocycles. The van der Waals surface area contributed by atoms with E-state index in [1.807, 2.05) is 70.2 Å². The van der Waals surface area contributed by atoms with Crippen LogP contribution in [0, 0.1) is 32.1 Å². The second-order valence-corrected chi connectivity index (χ2v) is 6.32. The molecule has 2 aromatic carbocycles. The van der Waals surface area contributed by atoms with E-state index in [1.54, 1.807) is 6.08 Å². The molecule has 0 atom stereocenters. The number of benzene rings is 2. The molecular weight excluding hydrogens is 324 g/mol. The lowest BCUT2D eigenvalue weighted by Gasteiger charge is -2.12. The van der Waals surface area contributed by atoms with Crippen molar-refractivity contribution >= 4 is 17.7 Å². The molecule has 0 saturated heterocycles. The zero-order chi connectivity index (χ0) is 19.1. The summed E-state index contributed by atoms with van der Waals surface area (Å²) >= 11 is 0. The molecule has 4 nitrogen and oxygen atoms in total. The molecule has 0 heterocycles. The number of aryl methyl sites for hydroxylation is 3. The summed E-state index contributed by atoms with van der Waals surface area (Å²) in [7, 11) is 0. The van der Waals surface area contributed by atoms with E-state index in [-0.39, 0.29) is 5.57 Å². The maximum atomic E-state index is 12.5. The fourth-order valence-electron chi connectivity index (χ4n) is 2.75. The van der Waals surface area contributed by atoms with Gasteiger partial charge in [0.05, 0.1) is 6.61 Å². The minimum atomic E-state index is -0.408. The number of hydrogen-bond acceptors (Lipinski definition) is 3. The van der Waals surface area contributed by atoms with Gasteiger partial charge < -0.3 is 10.1 Å². The van der Waals surface area contributed by atoms with Crippen LogP contribution < -0.4 is 10.1 Å². The molecule has 134 valence electrons. The van der Waals surface area contributed by atoms with Gasteiger partial charge in [-0.15, -0.1) is 0 Å². The summed E-state index contributed by atoms with van der Waals surface area (Å²) in [4.78, 5) is 12.5. The molecule has 0 aliphatic rings. The normalized spacial score (nSPS) is 11.0. The number of carbonyl (C=O) groups is 1. The van der Waals surface area contributed by atoms with E-state index in [0.717, 1.165) is 40.1 Å². The van der Waals surface area contributed by atoms with E-state index in [4.69, 9.17) is 4.74 Å². The lowest BCUT2D eigenvalue weighted by molar-refractivity contribution is -0.112. The van der Waals surface area contributed by atoms with Crippen molar-refractivity contribution in [3.8, 4) is 11.8 Å². The van der Waals surface area contributed by atoms with Crippen molar-refractivity contribution in [2.75, 3.05) is 11.9 Å². The third-order valence-corrected chi connectivity index (χ3v) is 3.94. The second kappa shape index (κ2) is 8.87. The van der Waals surface area contributed by atoms with Crippen molar-refractivity contribution in [2.24, 2.45) is 0 Å². The van der Waals surface area contributed by atoms with Crippen molar-refractivity contribution in [3.05, 3.63) is 64.2 Å². The van der Waals surface area contributed by atoms with Gasteiger partial charge in [-0.2, -0.15) is 5.26 Å². The van der Waals surface area contributed by atoms with Gasteiger partial charge in [0.1, 0.15) is 17.4 Å². The highest BCUT2D eigenvalue weighted by molar-refractivity contribution is 6.10. The minimum Gasteiger partial charge on any atom is -0.494 e. The fourth-order valence-corrected chi connectivity index (χ4v) is 2.75. The molecular formula is C22H24N2O2. The number of anilines is 1. The molecule has 1 amide bonds. The second-order valence-electron chi connectivity index (χ2n) is 6.32. The van der Waals surface area contributed by atoms with Crippen molar-refractivity contribution in [2.45, 2.75) is 34.1 Å². The Labute approximate surface area is 155 Å². The van der Waals surface area contributed by atoms with Crippen LogP contribution in [0.3, 0.4) is 0 Å². The monoisotopic (exact) mass is 348 g/mol. The van der Waals surface area contributed by atoms with E-state index in [1.165, 1.54) is 0 Å². The fraction of sp³-hybridized carbons (Fsp3) is 0.273. The Hall–Kier alpha value is -3.06. The molecule has 0 spiro atoms. The Morgan fingerprint density at radius 3 is 2.31 bits per heavy atom. The van der Waals surface area contributed by atoms with Gasteiger partial charge in [-0.05, 0) is 62.1 Å². The van der Waals surface area contributed by atoms with Crippen LogP contribution in [0.2, 0.25) is 0 Å². The molecule has 0 radical (unpaired) electrons. The summed E-state index contributed by atoms with van der Waals surface area (Å²) in [6, 6.07) is 13.3. The zero-order valence-electron chi connectivity index (χ0n) is 15.7. The highest BCUT2D eigenvalue weighted by Crippen LogP contribution is 2.23. The molecule has 2 rings (SSSR count). The quantitative estimate of drug-likeness (QED) is 0.594. The van der Waals surface area contributed by atoms with Crippen LogP contribution in [-0.4, -0.2) is 12.5 Å². The average Bonchev–Trinajstić information content (AvgIpc) is 2.61. The Bertz CT molecular complexity index is 836. The van der Waals surface area contributed by atoms with Gasteiger partial charge in [0.15, 0.2) is 0 Å². The first-order valence-electron chi connectivity index (χ1n) is 8.68. The number of nitrogens with one attached hydrogen (secondary N) is 1. The van der Waals surface area contributed by atoms with Gasteiger partial charge >= 0.3 is 0 Å². The number of nitriles is 1. The first kappa shape index (κ1) is 19.3.